The molecule has 1 amide bonds. The number of aromatic hydroxyl groups is 1. The molecule has 0 saturated carbocycles. The number of carboxylic acid groups (broad SMARTS) is 1. The Morgan fingerprint density at radius 3 is 2.79 bits per heavy atom. The van der Waals surface area contributed by atoms with E-state index in [-0.39, 0.29) is 17.4 Å². The van der Waals surface area contributed by atoms with Crippen LogP contribution in [0.5, 0.6) is 11.5 Å². The first-order chi connectivity index (χ1) is 9.04. The second-order valence-electron chi connectivity index (χ2n) is 4.38. The Labute approximate surface area is 110 Å². The van der Waals surface area contributed by atoms with Crippen molar-refractivity contribution in [1.82, 2.24) is 4.90 Å². The van der Waals surface area contributed by atoms with Gasteiger partial charge in [0.25, 0.3) is 5.91 Å². The predicted octanol–water partition coefficient (Wildman–Crippen LogP) is 1.09. The number of hydrogen-bond donors (Lipinski definition) is 2. The maximum Gasteiger partial charge on any atom is 0.326 e. The molecule has 102 valence electrons. The van der Waals surface area contributed by atoms with Gasteiger partial charge in [-0.1, -0.05) is 0 Å². The van der Waals surface area contributed by atoms with Crippen LogP contribution in [0.3, 0.4) is 0 Å². The highest BCUT2D eigenvalue weighted by molar-refractivity contribution is 5.97. The molecular weight excluding hydrogens is 250 g/mol. The zero-order valence-corrected chi connectivity index (χ0v) is 10.5. The highest BCUT2D eigenvalue weighted by Gasteiger charge is 2.34. The number of benzene rings is 1. The molecule has 1 atom stereocenters. The van der Waals surface area contributed by atoms with Crippen LogP contribution in [0.1, 0.15) is 23.2 Å². The summed E-state index contributed by atoms with van der Waals surface area (Å²) in [5, 5.41) is 18.5. The summed E-state index contributed by atoms with van der Waals surface area (Å²) in [6.45, 7) is 0.430. The fourth-order valence-electron chi connectivity index (χ4n) is 2.24. The zero-order valence-electron chi connectivity index (χ0n) is 10.5. The number of carboxylic acids is 1. The first-order valence-corrected chi connectivity index (χ1v) is 5.95. The van der Waals surface area contributed by atoms with Gasteiger partial charge in [-0.05, 0) is 31.0 Å². The lowest BCUT2D eigenvalue weighted by Gasteiger charge is -2.21. The molecule has 1 aliphatic rings. The summed E-state index contributed by atoms with van der Waals surface area (Å²) in [6, 6.07) is 3.46. The Kier molecular flexibility index (Phi) is 3.59. The van der Waals surface area contributed by atoms with E-state index < -0.39 is 12.0 Å². The molecule has 6 heteroatoms. The summed E-state index contributed by atoms with van der Waals surface area (Å²) in [7, 11) is 1.39. The van der Waals surface area contributed by atoms with Crippen LogP contribution in [0, 0.1) is 0 Å². The molecule has 0 radical (unpaired) electrons. The van der Waals surface area contributed by atoms with Crippen LogP contribution < -0.4 is 4.74 Å². The summed E-state index contributed by atoms with van der Waals surface area (Å²) in [5.74, 6) is -1.22. The standard InChI is InChI=1S/C13H15NO5/c1-19-11-7-8(4-5-10(11)15)12(16)14-6-2-3-9(14)13(17)18/h4-5,7,9,15H,2-3,6H2,1H3,(H,17,18). The lowest BCUT2D eigenvalue weighted by Crippen LogP contribution is -2.40. The van der Waals surface area contributed by atoms with Gasteiger partial charge in [-0.15, -0.1) is 0 Å². The molecule has 2 N–H and O–H groups in total. The van der Waals surface area contributed by atoms with E-state index in [4.69, 9.17) is 9.84 Å². The van der Waals surface area contributed by atoms with Crippen LogP contribution in [0.25, 0.3) is 0 Å². The summed E-state index contributed by atoms with van der Waals surface area (Å²) in [4.78, 5) is 24.7. The summed E-state index contributed by atoms with van der Waals surface area (Å²) in [5.41, 5.74) is 0.308. The van der Waals surface area contributed by atoms with Crippen LogP contribution in [-0.2, 0) is 4.79 Å². The monoisotopic (exact) mass is 265 g/mol. The highest BCUT2D eigenvalue weighted by atomic mass is 16.5. The van der Waals surface area contributed by atoms with E-state index in [1.165, 1.54) is 30.2 Å². The van der Waals surface area contributed by atoms with Gasteiger partial charge in [0, 0.05) is 12.1 Å². The molecule has 6 nitrogen and oxygen atoms in total. The number of likely N-dealkylation sites (tertiary alicyclic amines) is 1. The van der Waals surface area contributed by atoms with Crippen LogP contribution in [-0.4, -0.2) is 46.7 Å². The minimum Gasteiger partial charge on any atom is -0.504 e. The smallest absolute Gasteiger partial charge is 0.326 e. The highest BCUT2D eigenvalue weighted by Crippen LogP contribution is 2.28. The number of phenols is 1. The number of phenolic OH excluding ortho intramolecular Hbond substituents is 1. The van der Waals surface area contributed by atoms with Gasteiger partial charge < -0.3 is 19.8 Å². The van der Waals surface area contributed by atoms with E-state index in [9.17, 15) is 14.7 Å². The van der Waals surface area contributed by atoms with Crippen molar-refractivity contribution in [3.63, 3.8) is 0 Å². The number of rotatable bonds is 3. The molecule has 2 rings (SSSR count). The molecule has 1 heterocycles. The fraction of sp³-hybridized carbons (Fsp3) is 0.385. The third-order valence-corrected chi connectivity index (χ3v) is 3.23. The molecular formula is C13H15NO5. The third kappa shape index (κ3) is 2.47. The maximum absolute atomic E-state index is 12.3. The van der Waals surface area contributed by atoms with E-state index in [0.29, 0.717) is 24.9 Å². The summed E-state index contributed by atoms with van der Waals surface area (Å²) in [6.07, 6.45) is 1.15. The van der Waals surface area contributed by atoms with Crippen molar-refractivity contribution in [3.05, 3.63) is 23.8 Å². The summed E-state index contributed by atoms with van der Waals surface area (Å²) < 4.78 is 4.94. The van der Waals surface area contributed by atoms with Crippen LogP contribution in [0.15, 0.2) is 18.2 Å². The van der Waals surface area contributed by atoms with Gasteiger partial charge >= 0.3 is 5.97 Å². The van der Waals surface area contributed by atoms with Crippen molar-refractivity contribution in [3.8, 4) is 11.5 Å². The number of aliphatic carboxylic acids is 1. The van der Waals surface area contributed by atoms with Gasteiger partial charge in [-0.25, -0.2) is 4.79 Å². The van der Waals surface area contributed by atoms with Gasteiger partial charge in [-0.3, -0.25) is 4.79 Å². The number of nitrogens with zero attached hydrogens (tertiary/aromatic N) is 1. The first kappa shape index (κ1) is 13.2. The normalized spacial score (nSPS) is 18.4. The third-order valence-electron chi connectivity index (χ3n) is 3.23. The van der Waals surface area contributed by atoms with Gasteiger partial charge in [0.05, 0.1) is 7.11 Å². The van der Waals surface area contributed by atoms with Crippen LogP contribution >= 0.6 is 0 Å². The lowest BCUT2D eigenvalue weighted by atomic mass is 10.1. The Balaban J connectivity index is 2.26. The average molecular weight is 265 g/mol. The quantitative estimate of drug-likeness (QED) is 0.854. The molecule has 0 aromatic heterocycles. The molecule has 19 heavy (non-hydrogen) atoms. The van der Waals surface area contributed by atoms with E-state index in [1.54, 1.807) is 0 Å². The second kappa shape index (κ2) is 5.17. The van der Waals surface area contributed by atoms with Crippen molar-refractivity contribution in [2.24, 2.45) is 0 Å². The van der Waals surface area contributed by atoms with Crippen LogP contribution in [0.4, 0.5) is 0 Å². The Hall–Kier alpha value is -2.24. The molecule has 1 aliphatic heterocycles. The molecule has 1 fully saturated rings. The van der Waals surface area contributed by atoms with Gasteiger partial charge in [-0.2, -0.15) is 0 Å². The van der Waals surface area contributed by atoms with E-state index >= 15 is 0 Å². The first-order valence-electron chi connectivity index (χ1n) is 5.95. The number of ether oxygens (including phenoxy) is 1. The number of carbonyl (C=O) groups is 2. The lowest BCUT2D eigenvalue weighted by molar-refractivity contribution is -0.141. The second-order valence-corrected chi connectivity index (χ2v) is 4.38. The molecule has 1 aromatic rings. The number of methoxy groups -OCH3 is 1. The molecule has 0 aliphatic carbocycles. The molecule has 1 unspecified atom stereocenters. The number of hydrogen-bond acceptors (Lipinski definition) is 4. The number of carbonyl (C=O) groups excluding carboxylic acids is 1. The average Bonchev–Trinajstić information content (AvgIpc) is 2.87. The maximum atomic E-state index is 12.3. The Morgan fingerprint density at radius 2 is 2.16 bits per heavy atom. The van der Waals surface area contributed by atoms with Gasteiger partial charge in [0.15, 0.2) is 11.5 Å². The Morgan fingerprint density at radius 1 is 1.42 bits per heavy atom. The fourth-order valence-corrected chi connectivity index (χ4v) is 2.24. The summed E-state index contributed by atoms with van der Waals surface area (Å²) >= 11 is 0. The largest absolute Gasteiger partial charge is 0.504 e. The van der Waals surface area contributed by atoms with Crippen molar-refractivity contribution < 1.29 is 24.5 Å². The molecule has 0 spiro atoms. The van der Waals surface area contributed by atoms with Crippen molar-refractivity contribution in [2.75, 3.05) is 13.7 Å². The van der Waals surface area contributed by atoms with Gasteiger partial charge in [0.2, 0.25) is 0 Å². The van der Waals surface area contributed by atoms with E-state index in [0.717, 1.165) is 0 Å². The number of amides is 1. The predicted molar refractivity (Wildman–Crippen MR) is 66.4 cm³/mol. The molecule has 0 bridgehead atoms. The van der Waals surface area contributed by atoms with Crippen molar-refractivity contribution >= 4 is 11.9 Å². The minimum atomic E-state index is -0.989. The van der Waals surface area contributed by atoms with E-state index in [2.05, 4.69) is 0 Å². The topological polar surface area (TPSA) is 87.1 Å². The Bertz CT molecular complexity index is 514. The van der Waals surface area contributed by atoms with Gasteiger partial charge in [0.1, 0.15) is 6.04 Å². The minimum absolute atomic E-state index is 0.0599. The van der Waals surface area contributed by atoms with E-state index in [1.807, 2.05) is 0 Å². The van der Waals surface area contributed by atoms with Crippen LogP contribution in [0.2, 0.25) is 0 Å². The SMILES string of the molecule is COc1cc(C(=O)N2CCCC2C(=O)O)ccc1O. The molecule has 1 aromatic carbocycles. The zero-order chi connectivity index (χ0) is 14.0. The van der Waals surface area contributed by atoms with Crippen molar-refractivity contribution in [1.29, 1.82) is 0 Å². The van der Waals surface area contributed by atoms with Crippen molar-refractivity contribution in [2.45, 2.75) is 18.9 Å². The molecule has 1 saturated heterocycles.